The van der Waals surface area contributed by atoms with Gasteiger partial charge in [-0.3, -0.25) is 0 Å². The summed E-state index contributed by atoms with van der Waals surface area (Å²) < 4.78 is 0. The molecule has 1 saturated carbocycles. The zero-order chi connectivity index (χ0) is 11.0. The molecule has 0 nitrogen and oxygen atoms in total. The van der Waals surface area contributed by atoms with Crippen molar-refractivity contribution >= 4 is 0 Å². The van der Waals surface area contributed by atoms with Crippen LogP contribution in [0.4, 0.5) is 0 Å². The van der Waals surface area contributed by atoms with Crippen molar-refractivity contribution in [3.63, 3.8) is 0 Å². The van der Waals surface area contributed by atoms with Crippen molar-refractivity contribution in [3.05, 3.63) is 23.3 Å². The molecule has 0 N–H and O–H groups in total. The first-order chi connectivity index (χ1) is 7.09. The van der Waals surface area contributed by atoms with Crippen molar-refractivity contribution in [3.8, 4) is 0 Å². The lowest BCUT2D eigenvalue weighted by Gasteiger charge is -2.19. The zero-order valence-electron chi connectivity index (χ0n) is 10.5. The first-order valence-electron chi connectivity index (χ1n) is 6.43. The molecule has 0 saturated heterocycles. The quantitative estimate of drug-likeness (QED) is 0.542. The van der Waals surface area contributed by atoms with Gasteiger partial charge in [0.25, 0.3) is 0 Å². The van der Waals surface area contributed by atoms with Crippen LogP contribution in [-0.4, -0.2) is 0 Å². The molecule has 0 unspecified atom stereocenters. The summed E-state index contributed by atoms with van der Waals surface area (Å²) >= 11 is 0. The largest absolute Gasteiger partial charge is 0.0998 e. The Balaban J connectivity index is 2.23. The van der Waals surface area contributed by atoms with E-state index >= 15 is 0 Å². The van der Waals surface area contributed by atoms with Gasteiger partial charge in [-0.2, -0.15) is 0 Å². The summed E-state index contributed by atoms with van der Waals surface area (Å²) in [6.45, 7) is 11.2. The van der Waals surface area contributed by atoms with E-state index in [-0.39, 0.29) is 0 Å². The third kappa shape index (κ3) is 2.04. The lowest BCUT2D eigenvalue weighted by molar-refractivity contribution is 0.385. The molecule has 0 aliphatic heterocycles. The van der Waals surface area contributed by atoms with Crippen LogP contribution in [0, 0.1) is 17.8 Å². The summed E-state index contributed by atoms with van der Waals surface area (Å²) in [6.07, 6.45) is 6.86. The van der Waals surface area contributed by atoms with Gasteiger partial charge in [0.05, 0.1) is 0 Å². The van der Waals surface area contributed by atoms with Crippen LogP contribution < -0.4 is 0 Å². The number of hydrogen-bond acceptors (Lipinski definition) is 0. The van der Waals surface area contributed by atoms with Gasteiger partial charge in [0, 0.05) is 0 Å². The number of fused-ring (bicyclic) bond motifs is 1. The van der Waals surface area contributed by atoms with Gasteiger partial charge in [-0.15, -0.1) is 0 Å². The second-order valence-corrected chi connectivity index (χ2v) is 5.75. The van der Waals surface area contributed by atoms with Gasteiger partial charge in [0.1, 0.15) is 0 Å². The average molecular weight is 204 g/mol. The summed E-state index contributed by atoms with van der Waals surface area (Å²) in [6, 6.07) is 0. The second-order valence-electron chi connectivity index (χ2n) is 5.75. The Hall–Kier alpha value is -0.520. The normalized spacial score (nSPS) is 36.3. The molecule has 2 rings (SSSR count). The maximum absolute atomic E-state index is 4.16. The van der Waals surface area contributed by atoms with Crippen molar-refractivity contribution in [2.75, 3.05) is 0 Å². The van der Waals surface area contributed by atoms with Crippen LogP contribution >= 0.6 is 0 Å². The fraction of sp³-hybridized carbons (Fsp3) is 0.733. The number of allylic oxidation sites excluding steroid dienone is 3. The van der Waals surface area contributed by atoms with E-state index in [0.717, 1.165) is 17.8 Å². The van der Waals surface area contributed by atoms with Crippen LogP contribution in [-0.2, 0) is 0 Å². The fourth-order valence-corrected chi connectivity index (χ4v) is 3.43. The van der Waals surface area contributed by atoms with E-state index in [1.807, 2.05) is 0 Å². The van der Waals surface area contributed by atoms with Crippen LogP contribution in [0.3, 0.4) is 0 Å². The van der Waals surface area contributed by atoms with Crippen LogP contribution in [0.1, 0.15) is 52.9 Å². The van der Waals surface area contributed by atoms with Crippen LogP contribution in [0.2, 0.25) is 0 Å². The molecule has 0 spiro atoms. The molecular formula is C15H24. The monoisotopic (exact) mass is 204 g/mol. The Morgan fingerprint density at radius 3 is 2.67 bits per heavy atom. The van der Waals surface area contributed by atoms with Crippen molar-refractivity contribution in [1.29, 1.82) is 0 Å². The average Bonchev–Trinajstić information content (AvgIpc) is 2.43. The van der Waals surface area contributed by atoms with Gasteiger partial charge < -0.3 is 0 Å². The van der Waals surface area contributed by atoms with Crippen molar-refractivity contribution < 1.29 is 0 Å². The van der Waals surface area contributed by atoms with E-state index in [4.69, 9.17) is 0 Å². The van der Waals surface area contributed by atoms with Crippen LogP contribution in [0.25, 0.3) is 0 Å². The molecule has 0 heteroatoms. The first-order valence-corrected chi connectivity index (χ1v) is 6.43. The third-order valence-corrected chi connectivity index (χ3v) is 4.65. The van der Waals surface area contributed by atoms with Crippen molar-refractivity contribution in [2.45, 2.75) is 52.9 Å². The smallest absolute Gasteiger partial charge is 0.0171 e. The highest BCUT2D eigenvalue weighted by atomic mass is 14.4. The minimum absolute atomic E-state index is 0.764. The van der Waals surface area contributed by atoms with E-state index in [2.05, 4.69) is 27.4 Å². The highest BCUT2D eigenvalue weighted by Gasteiger charge is 2.32. The molecule has 0 amide bonds. The number of hydrogen-bond donors (Lipinski definition) is 0. The standard InChI is InChI=1S/C15H24/c1-10(2)13-7-5-11(3)14-8-6-12(4)15(14)9-13/h11,13-14H,1,5-9H2,2-4H3/t11-,13+,14-/m0/s1. The minimum Gasteiger partial charge on any atom is -0.0998 e. The maximum Gasteiger partial charge on any atom is -0.0171 e. The highest BCUT2D eigenvalue weighted by Crippen LogP contribution is 2.46. The summed E-state index contributed by atoms with van der Waals surface area (Å²) in [5.41, 5.74) is 4.89. The maximum atomic E-state index is 4.16. The molecule has 2 aliphatic rings. The van der Waals surface area contributed by atoms with Crippen LogP contribution in [0.5, 0.6) is 0 Å². The first kappa shape index (κ1) is 11.0. The van der Waals surface area contributed by atoms with E-state index < -0.39 is 0 Å². The van der Waals surface area contributed by atoms with Gasteiger partial charge >= 0.3 is 0 Å². The van der Waals surface area contributed by atoms with Crippen molar-refractivity contribution in [2.24, 2.45) is 17.8 Å². The lowest BCUT2D eigenvalue weighted by Crippen LogP contribution is -2.08. The van der Waals surface area contributed by atoms with Gasteiger partial charge in [0.2, 0.25) is 0 Å². The molecule has 0 bridgehead atoms. The Morgan fingerprint density at radius 1 is 1.27 bits per heavy atom. The molecule has 15 heavy (non-hydrogen) atoms. The Labute approximate surface area is 94.5 Å². The molecular weight excluding hydrogens is 180 g/mol. The summed E-state index contributed by atoms with van der Waals surface area (Å²) in [5.74, 6) is 2.58. The SMILES string of the molecule is C=C(C)[C@@H]1CC[C@H](C)[C@@H]2CCC(C)=C2C1. The lowest BCUT2D eigenvalue weighted by atomic mass is 9.86. The molecule has 0 radical (unpaired) electrons. The minimum atomic E-state index is 0.764. The molecule has 2 aliphatic carbocycles. The van der Waals surface area contributed by atoms with Crippen molar-refractivity contribution in [1.82, 2.24) is 0 Å². The fourth-order valence-electron chi connectivity index (χ4n) is 3.43. The third-order valence-electron chi connectivity index (χ3n) is 4.65. The Morgan fingerprint density at radius 2 is 2.00 bits per heavy atom. The molecule has 0 heterocycles. The van der Waals surface area contributed by atoms with E-state index in [9.17, 15) is 0 Å². The van der Waals surface area contributed by atoms with Crippen LogP contribution in [0.15, 0.2) is 23.3 Å². The predicted molar refractivity (Wildman–Crippen MR) is 66.7 cm³/mol. The summed E-state index contributed by atoms with van der Waals surface area (Å²) in [7, 11) is 0. The van der Waals surface area contributed by atoms with E-state index in [0.29, 0.717) is 0 Å². The number of rotatable bonds is 1. The zero-order valence-corrected chi connectivity index (χ0v) is 10.5. The molecule has 0 aromatic carbocycles. The van der Waals surface area contributed by atoms with Gasteiger partial charge in [-0.1, -0.05) is 30.2 Å². The predicted octanol–water partition coefficient (Wildman–Crippen LogP) is 4.73. The van der Waals surface area contributed by atoms with Gasteiger partial charge in [-0.05, 0) is 63.7 Å². The summed E-state index contributed by atoms with van der Waals surface area (Å²) in [4.78, 5) is 0. The van der Waals surface area contributed by atoms with Gasteiger partial charge in [-0.25, -0.2) is 0 Å². The summed E-state index contributed by atoms with van der Waals surface area (Å²) in [5, 5.41) is 0. The van der Waals surface area contributed by atoms with E-state index in [1.54, 1.807) is 11.1 Å². The molecule has 84 valence electrons. The Kier molecular flexibility index (Phi) is 3.04. The Bertz CT molecular complexity index is 295. The van der Waals surface area contributed by atoms with Gasteiger partial charge in [0.15, 0.2) is 0 Å². The molecule has 0 aromatic heterocycles. The highest BCUT2D eigenvalue weighted by molar-refractivity contribution is 5.25. The molecule has 1 fully saturated rings. The van der Waals surface area contributed by atoms with E-state index in [1.165, 1.54) is 37.7 Å². The molecule has 0 aromatic rings. The molecule has 3 atom stereocenters. The topological polar surface area (TPSA) is 0 Å². The second kappa shape index (κ2) is 4.15.